The van der Waals surface area contributed by atoms with Gasteiger partial charge in [0.2, 0.25) is 0 Å². The third-order valence-electron chi connectivity index (χ3n) is 4.94. The fourth-order valence-electron chi connectivity index (χ4n) is 3.40. The summed E-state index contributed by atoms with van der Waals surface area (Å²) >= 11 is 0. The average molecular weight is 335 g/mol. The summed E-state index contributed by atoms with van der Waals surface area (Å²) in [5, 5.41) is 0.981. The van der Waals surface area contributed by atoms with Crippen LogP contribution in [0.5, 0.6) is 0 Å². The first kappa shape index (κ1) is 15.8. The van der Waals surface area contributed by atoms with Gasteiger partial charge in [-0.3, -0.25) is 4.79 Å². The van der Waals surface area contributed by atoms with E-state index in [1.54, 1.807) is 6.33 Å². The van der Waals surface area contributed by atoms with Crippen molar-refractivity contribution in [3.05, 3.63) is 48.4 Å². The molecule has 1 unspecified atom stereocenters. The monoisotopic (exact) mass is 335 g/mol. The second-order valence-corrected chi connectivity index (χ2v) is 6.70. The minimum Gasteiger partial charge on any atom is -0.346 e. The molecule has 1 aliphatic heterocycles. The molecule has 1 amide bonds. The minimum absolute atomic E-state index is 0.102. The van der Waals surface area contributed by atoms with Crippen LogP contribution < -0.4 is 0 Å². The molecule has 3 heterocycles. The van der Waals surface area contributed by atoms with Crippen LogP contribution in [0, 0.1) is 0 Å². The highest BCUT2D eigenvalue weighted by Crippen LogP contribution is 2.25. The van der Waals surface area contributed by atoms with Crippen LogP contribution in [-0.4, -0.2) is 63.9 Å². The SMILES string of the molecule is CN(C)C1CCN(C(=O)c2ccc(-c3ncnc4[nH]ccc34)cc2)C1. The Morgan fingerprint density at radius 2 is 2.00 bits per heavy atom. The number of aromatic nitrogens is 3. The first-order valence-corrected chi connectivity index (χ1v) is 8.47. The number of H-pyrrole nitrogens is 1. The van der Waals surface area contributed by atoms with E-state index >= 15 is 0 Å². The van der Waals surface area contributed by atoms with E-state index in [2.05, 4.69) is 33.9 Å². The van der Waals surface area contributed by atoms with Crippen LogP contribution in [0.3, 0.4) is 0 Å². The Morgan fingerprint density at radius 1 is 1.20 bits per heavy atom. The summed E-state index contributed by atoms with van der Waals surface area (Å²) in [5.74, 6) is 0.102. The predicted molar refractivity (Wildman–Crippen MR) is 97.3 cm³/mol. The van der Waals surface area contributed by atoms with Crippen LogP contribution in [0.25, 0.3) is 22.3 Å². The summed E-state index contributed by atoms with van der Waals surface area (Å²) in [6.45, 7) is 1.61. The molecule has 1 saturated heterocycles. The largest absolute Gasteiger partial charge is 0.346 e. The van der Waals surface area contributed by atoms with Gasteiger partial charge in [0.1, 0.15) is 12.0 Å². The molecule has 1 fully saturated rings. The quantitative estimate of drug-likeness (QED) is 0.798. The van der Waals surface area contributed by atoms with E-state index in [1.807, 2.05) is 41.4 Å². The van der Waals surface area contributed by atoms with Crippen molar-refractivity contribution in [1.82, 2.24) is 24.8 Å². The number of hydrogen-bond acceptors (Lipinski definition) is 4. The van der Waals surface area contributed by atoms with Crippen molar-refractivity contribution in [3.63, 3.8) is 0 Å². The van der Waals surface area contributed by atoms with E-state index in [-0.39, 0.29) is 5.91 Å². The van der Waals surface area contributed by atoms with Gasteiger partial charge in [0.25, 0.3) is 5.91 Å². The molecule has 1 N–H and O–H groups in total. The zero-order valence-corrected chi connectivity index (χ0v) is 14.4. The summed E-state index contributed by atoms with van der Waals surface area (Å²) in [6, 6.07) is 10.1. The number of nitrogens with one attached hydrogen (secondary N) is 1. The molecular weight excluding hydrogens is 314 g/mol. The van der Waals surface area contributed by atoms with Gasteiger partial charge in [-0.25, -0.2) is 9.97 Å². The van der Waals surface area contributed by atoms with Gasteiger partial charge < -0.3 is 14.8 Å². The number of likely N-dealkylation sites (N-methyl/N-ethyl adjacent to an activating group) is 1. The molecule has 0 saturated carbocycles. The van der Waals surface area contributed by atoms with Crippen molar-refractivity contribution in [2.24, 2.45) is 0 Å². The van der Waals surface area contributed by atoms with Crippen molar-refractivity contribution >= 4 is 16.9 Å². The van der Waals surface area contributed by atoms with E-state index in [1.165, 1.54) is 0 Å². The molecule has 1 aliphatic rings. The Morgan fingerprint density at radius 3 is 2.72 bits per heavy atom. The number of fused-ring (bicyclic) bond motifs is 1. The third kappa shape index (κ3) is 2.89. The third-order valence-corrected chi connectivity index (χ3v) is 4.94. The van der Waals surface area contributed by atoms with Gasteiger partial charge in [0, 0.05) is 41.8 Å². The molecule has 0 bridgehead atoms. The molecule has 6 nitrogen and oxygen atoms in total. The number of carbonyl (C=O) groups excluding carboxylic acids is 1. The number of rotatable bonds is 3. The summed E-state index contributed by atoms with van der Waals surface area (Å²) in [4.78, 5) is 28.5. The fraction of sp³-hybridized carbons (Fsp3) is 0.316. The Kier molecular flexibility index (Phi) is 3.97. The van der Waals surface area contributed by atoms with Crippen LogP contribution >= 0.6 is 0 Å². The van der Waals surface area contributed by atoms with Gasteiger partial charge >= 0.3 is 0 Å². The molecule has 128 valence electrons. The van der Waals surface area contributed by atoms with Gasteiger partial charge in [-0.2, -0.15) is 0 Å². The molecule has 6 heteroatoms. The number of hydrogen-bond donors (Lipinski definition) is 1. The van der Waals surface area contributed by atoms with E-state index in [0.29, 0.717) is 6.04 Å². The Hall–Kier alpha value is -2.73. The highest BCUT2D eigenvalue weighted by molar-refractivity contribution is 5.96. The fourth-order valence-corrected chi connectivity index (χ4v) is 3.40. The molecule has 0 radical (unpaired) electrons. The van der Waals surface area contributed by atoms with Crippen molar-refractivity contribution in [2.45, 2.75) is 12.5 Å². The maximum Gasteiger partial charge on any atom is 0.253 e. The lowest BCUT2D eigenvalue weighted by molar-refractivity contribution is 0.0783. The maximum absolute atomic E-state index is 12.7. The molecular formula is C19H21N5O. The van der Waals surface area contributed by atoms with Gasteiger partial charge in [0.05, 0.1) is 5.69 Å². The van der Waals surface area contributed by atoms with Gasteiger partial charge in [-0.15, -0.1) is 0 Å². The number of aromatic amines is 1. The van der Waals surface area contributed by atoms with Crippen LogP contribution in [0.4, 0.5) is 0 Å². The lowest BCUT2D eigenvalue weighted by Gasteiger charge is -2.20. The first-order chi connectivity index (χ1) is 12.1. The summed E-state index contributed by atoms with van der Waals surface area (Å²) in [5.41, 5.74) is 3.40. The molecule has 3 aromatic rings. The van der Waals surface area contributed by atoms with Crippen molar-refractivity contribution in [1.29, 1.82) is 0 Å². The zero-order valence-electron chi connectivity index (χ0n) is 14.4. The van der Waals surface area contributed by atoms with Crippen LogP contribution in [-0.2, 0) is 0 Å². The lowest BCUT2D eigenvalue weighted by Crippen LogP contribution is -2.34. The van der Waals surface area contributed by atoms with Crippen molar-refractivity contribution in [2.75, 3.05) is 27.2 Å². The maximum atomic E-state index is 12.7. The molecule has 0 aliphatic carbocycles. The number of amides is 1. The molecule has 4 rings (SSSR count). The van der Waals surface area contributed by atoms with Gasteiger partial charge in [-0.05, 0) is 38.7 Å². The van der Waals surface area contributed by atoms with E-state index in [0.717, 1.165) is 47.4 Å². The van der Waals surface area contributed by atoms with Crippen LogP contribution in [0.15, 0.2) is 42.9 Å². The first-order valence-electron chi connectivity index (χ1n) is 8.47. The summed E-state index contributed by atoms with van der Waals surface area (Å²) < 4.78 is 0. The smallest absolute Gasteiger partial charge is 0.253 e. The lowest BCUT2D eigenvalue weighted by atomic mass is 10.1. The normalized spacial score (nSPS) is 17.6. The van der Waals surface area contributed by atoms with Crippen LogP contribution in [0.1, 0.15) is 16.8 Å². The topological polar surface area (TPSA) is 65.1 Å². The Labute approximate surface area is 146 Å². The van der Waals surface area contributed by atoms with E-state index < -0.39 is 0 Å². The van der Waals surface area contributed by atoms with Crippen LogP contribution in [0.2, 0.25) is 0 Å². The minimum atomic E-state index is 0.102. The van der Waals surface area contributed by atoms with Gasteiger partial charge in [0.15, 0.2) is 0 Å². The molecule has 25 heavy (non-hydrogen) atoms. The molecule has 1 aromatic carbocycles. The van der Waals surface area contributed by atoms with E-state index in [9.17, 15) is 4.79 Å². The number of likely N-dealkylation sites (tertiary alicyclic amines) is 1. The number of carbonyl (C=O) groups is 1. The number of nitrogens with zero attached hydrogens (tertiary/aromatic N) is 4. The van der Waals surface area contributed by atoms with E-state index in [4.69, 9.17) is 0 Å². The standard InChI is InChI=1S/C19H21N5O/c1-23(2)15-8-10-24(11-15)19(25)14-5-3-13(4-6-14)17-16-7-9-20-18(16)22-12-21-17/h3-7,9,12,15H,8,10-11H2,1-2H3,(H,20,21,22). The summed E-state index contributed by atoms with van der Waals surface area (Å²) in [7, 11) is 4.13. The Balaban J connectivity index is 1.56. The Bertz CT molecular complexity index is 900. The second kappa shape index (κ2) is 6.29. The predicted octanol–water partition coefficient (Wildman–Crippen LogP) is 2.40. The zero-order chi connectivity index (χ0) is 17.4. The highest BCUT2D eigenvalue weighted by Gasteiger charge is 2.28. The molecule has 2 aromatic heterocycles. The highest BCUT2D eigenvalue weighted by atomic mass is 16.2. The summed E-state index contributed by atoms with van der Waals surface area (Å²) in [6.07, 6.45) is 4.44. The number of benzene rings is 1. The van der Waals surface area contributed by atoms with Crippen molar-refractivity contribution < 1.29 is 4.79 Å². The second-order valence-electron chi connectivity index (χ2n) is 6.70. The molecule has 1 atom stereocenters. The molecule has 0 spiro atoms. The average Bonchev–Trinajstić information content (AvgIpc) is 3.30. The van der Waals surface area contributed by atoms with Crippen molar-refractivity contribution in [3.8, 4) is 11.3 Å². The van der Waals surface area contributed by atoms with Gasteiger partial charge in [-0.1, -0.05) is 12.1 Å².